The molecule has 10 heteroatoms. The predicted molar refractivity (Wildman–Crippen MR) is 121 cm³/mol. The molecule has 166 valence electrons. The number of thiophene rings is 1. The molecule has 1 aromatic carbocycles. The van der Waals surface area contributed by atoms with E-state index in [1.54, 1.807) is 23.5 Å². The Balaban J connectivity index is 1.09. The third-order valence-electron chi connectivity index (χ3n) is 4.74. The molecule has 0 bridgehead atoms. The highest BCUT2D eigenvalue weighted by Gasteiger charge is 2.11. The highest BCUT2D eigenvalue weighted by atomic mass is 35.5. The monoisotopic (exact) mass is 471 g/mol. The molecule has 0 aliphatic carbocycles. The van der Waals surface area contributed by atoms with Crippen LogP contribution in [0, 0.1) is 0 Å². The van der Waals surface area contributed by atoms with Crippen molar-refractivity contribution in [2.75, 3.05) is 6.54 Å². The number of aromatic nitrogens is 4. The molecule has 0 unspecified atom stereocenters. The van der Waals surface area contributed by atoms with Crippen molar-refractivity contribution in [2.24, 2.45) is 0 Å². The van der Waals surface area contributed by atoms with Crippen LogP contribution in [0.2, 0.25) is 5.02 Å². The number of hydrogen-bond acceptors (Lipinski definition) is 8. The van der Waals surface area contributed by atoms with Crippen LogP contribution in [0.25, 0.3) is 22.1 Å². The zero-order valence-electron chi connectivity index (χ0n) is 17.3. The van der Waals surface area contributed by atoms with Crippen molar-refractivity contribution in [3.8, 4) is 22.1 Å². The molecule has 0 atom stereocenters. The lowest BCUT2D eigenvalue weighted by Gasteiger charge is -2.03. The summed E-state index contributed by atoms with van der Waals surface area (Å²) in [4.78, 5) is 21.8. The SMILES string of the molecule is O=C(CCc1nc(-c2ccc(Cl)cc2)no1)NCCCCCc1nc(-c2cccs2)no1. The van der Waals surface area contributed by atoms with Crippen molar-refractivity contribution in [1.82, 2.24) is 25.6 Å². The fourth-order valence-electron chi connectivity index (χ4n) is 3.05. The van der Waals surface area contributed by atoms with Crippen molar-refractivity contribution in [1.29, 1.82) is 0 Å². The van der Waals surface area contributed by atoms with Gasteiger partial charge in [-0.2, -0.15) is 9.97 Å². The lowest BCUT2D eigenvalue weighted by atomic mass is 10.2. The topological polar surface area (TPSA) is 107 Å². The summed E-state index contributed by atoms with van der Waals surface area (Å²) in [6.07, 6.45) is 4.22. The number of nitrogens with one attached hydrogen (secondary N) is 1. The van der Waals surface area contributed by atoms with Crippen LogP contribution < -0.4 is 5.32 Å². The first-order chi connectivity index (χ1) is 15.7. The molecule has 4 aromatic rings. The van der Waals surface area contributed by atoms with Gasteiger partial charge in [0.2, 0.25) is 29.3 Å². The zero-order chi connectivity index (χ0) is 22.2. The third-order valence-corrected chi connectivity index (χ3v) is 5.85. The molecule has 8 nitrogen and oxygen atoms in total. The summed E-state index contributed by atoms with van der Waals surface area (Å²) >= 11 is 7.47. The number of benzene rings is 1. The van der Waals surface area contributed by atoms with Crippen LogP contribution in [0.15, 0.2) is 50.8 Å². The molecule has 0 spiro atoms. The fourth-order valence-corrected chi connectivity index (χ4v) is 3.82. The zero-order valence-corrected chi connectivity index (χ0v) is 18.9. The van der Waals surface area contributed by atoms with Gasteiger partial charge in [0.25, 0.3) is 0 Å². The molecule has 3 aromatic heterocycles. The van der Waals surface area contributed by atoms with E-state index >= 15 is 0 Å². The summed E-state index contributed by atoms with van der Waals surface area (Å²) in [5, 5.41) is 13.5. The lowest BCUT2D eigenvalue weighted by molar-refractivity contribution is -0.121. The average Bonchev–Trinajstić information content (AvgIpc) is 3.57. The second-order valence-corrected chi connectivity index (χ2v) is 8.55. The number of nitrogens with zero attached hydrogens (tertiary/aromatic N) is 4. The maximum Gasteiger partial charge on any atom is 0.227 e. The minimum absolute atomic E-state index is 0.0336. The van der Waals surface area contributed by atoms with E-state index in [-0.39, 0.29) is 5.91 Å². The van der Waals surface area contributed by atoms with Crippen LogP contribution in [0.1, 0.15) is 37.5 Å². The maximum absolute atomic E-state index is 12.1. The molecule has 0 radical (unpaired) electrons. The number of carbonyl (C=O) groups excluding carboxylic acids is 1. The summed E-state index contributed by atoms with van der Waals surface area (Å²) in [5.41, 5.74) is 0.817. The van der Waals surface area contributed by atoms with E-state index in [0.717, 1.165) is 36.1 Å². The van der Waals surface area contributed by atoms with Crippen LogP contribution in [-0.4, -0.2) is 32.7 Å². The minimum Gasteiger partial charge on any atom is -0.356 e. The molecular weight excluding hydrogens is 450 g/mol. The highest BCUT2D eigenvalue weighted by Crippen LogP contribution is 2.22. The van der Waals surface area contributed by atoms with Gasteiger partial charge < -0.3 is 14.4 Å². The molecular formula is C22H22ClN5O3S. The van der Waals surface area contributed by atoms with Crippen molar-refractivity contribution in [3.63, 3.8) is 0 Å². The molecule has 1 amide bonds. The summed E-state index contributed by atoms with van der Waals surface area (Å²) in [5.74, 6) is 2.18. The molecule has 0 fully saturated rings. The summed E-state index contributed by atoms with van der Waals surface area (Å²) in [6.45, 7) is 0.628. The Morgan fingerprint density at radius 3 is 2.47 bits per heavy atom. The number of aryl methyl sites for hydroxylation is 2. The van der Waals surface area contributed by atoms with E-state index in [0.29, 0.717) is 47.8 Å². The van der Waals surface area contributed by atoms with Crippen LogP contribution in [0.3, 0.4) is 0 Å². The lowest BCUT2D eigenvalue weighted by Crippen LogP contribution is -2.24. The van der Waals surface area contributed by atoms with Gasteiger partial charge in [-0.15, -0.1) is 11.3 Å². The first-order valence-corrected chi connectivity index (χ1v) is 11.6. The maximum atomic E-state index is 12.1. The van der Waals surface area contributed by atoms with E-state index in [4.69, 9.17) is 20.6 Å². The molecule has 0 saturated heterocycles. The van der Waals surface area contributed by atoms with Crippen LogP contribution in [-0.2, 0) is 17.6 Å². The Bertz CT molecular complexity index is 1120. The number of unbranched alkanes of at least 4 members (excludes halogenated alkanes) is 2. The van der Waals surface area contributed by atoms with Crippen molar-refractivity contribution < 1.29 is 13.8 Å². The Morgan fingerprint density at radius 2 is 1.69 bits per heavy atom. The summed E-state index contributed by atoms with van der Waals surface area (Å²) in [6, 6.07) is 11.1. The number of amides is 1. The third kappa shape index (κ3) is 6.24. The second kappa shape index (κ2) is 11.0. The molecule has 0 aliphatic heterocycles. The number of rotatable bonds is 11. The van der Waals surface area contributed by atoms with Gasteiger partial charge in [-0.3, -0.25) is 4.79 Å². The van der Waals surface area contributed by atoms with Gasteiger partial charge >= 0.3 is 0 Å². The molecule has 4 rings (SSSR count). The van der Waals surface area contributed by atoms with Gasteiger partial charge in [0, 0.05) is 36.4 Å². The first-order valence-electron chi connectivity index (χ1n) is 10.4. The Kier molecular flexibility index (Phi) is 7.63. The fraction of sp³-hybridized carbons (Fsp3) is 0.318. The average molecular weight is 472 g/mol. The largest absolute Gasteiger partial charge is 0.356 e. The van der Waals surface area contributed by atoms with Crippen LogP contribution in [0.4, 0.5) is 0 Å². The van der Waals surface area contributed by atoms with Gasteiger partial charge in [0.15, 0.2) is 0 Å². The number of halogens is 1. The quantitative estimate of drug-likeness (QED) is 0.308. The van der Waals surface area contributed by atoms with E-state index in [1.165, 1.54) is 0 Å². The summed E-state index contributed by atoms with van der Waals surface area (Å²) < 4.78 is 10.5. The normalized spacial score (nSPS) is 11.0. The molecule has 0 saturated carbocycles. The van der Waals surface area contributed by atoms with E-state index in [9.17, 15) is 4.79 Å². The number of carbonyl (C=O) groups is 1. The standard InChI is InChI=1S/C22H22ClN5O3S/c23-16-9-7-15(8-10-16)21-25-20(31-27-21)12-11-18(29)24-13-3-1-2-6-19-26-22(28-30-19)17-5-4-14-32-17/h4-5,7-10,14H,1-3,6,11-13H2,(H,24,29). The van der Waals surface area contributed by atoms with Gasteiger partial charge in [-0.1, -0.05) is 34.4 Å². The second-order valence-electron chi connectivity index (χ2n) is 7.17. The van der Waals surface area contributed by atoms with Gasteiger partial charge in [0.05, 0.1) is 4.88 Å². The van der Waals surface area contributed by atoms with Crippen molar-refractivity contribution >= 4 is 28.8 Å². The van der Waals surface area contributed by atoms with Crippen molar-refractivity contribution in [2.45, 2.75) is 38.5 Å². The van der Waals surface area contributed by atoms with Crippen LogP contribution >= 0.6 is 22.9 Å². The predicted octanol–water partition coefficient (Wildman–Crippen LogP) is 4.96. The molecule has 32 heavy (non-hydrogen) atoms. The Labute approximate surface area is 194 Å². The summed E-state index contributed by atoms with van der Waals surface area (Å²) in [7, 11) is 0. The molecule has 3 heterocycles. The smallest absolute Gasteiger partial charge is 0.227 e. The Morgan fingerprint density at radius 1 is 0.938 bits per heavy atom. The Hall–Kier alpha value is -3.04. The minimum atomic E-state index is -0.0336. The van der Waals surface area contributed by atoms with E-state index < -0.39 is 0 Å². The van der Waals surface area contributed by atoms with E-state index in [1.807, 2.05) is 29.6 Å². The van der Waals surface area contributed by atoms with E-state index in [2.05, 4.69) is 25.6 Å². The molecule has 0 aliphatic rings. The molecule has 1 N–H and O–H groups in total. The van der Waals surface area contributed by atoms with Gasteiger partial charge in [-0.05, 0) is 48.6 Å². The van der Waals surface area contributed by atoms with Gasteiger partial charge in [-0.25, -0.2) is 0 Å². The van der Waals surface area contributed by atoms with Gasteiger partial charge in [0.1, 0.15) is 0 Å². The first kappa shape index (κ1) is 22.2. The number of hydrogen-bond donors (Lipinski definition) is 1. The highest BCUT2D eigenvalue weighted by molar-refractivity contribution is 7.13. The van der Waals surface area contributed by atoms with Crippen molar-refractivity contribution in [3.05, 3.63) is 58.6 Å². The van der Waals surface area contributed by atoms with Crippen LogP contribution in [0.5, 0.6) is 0 Å².